The van der Waals surface area contributed by atoms with Gasteiger partial charge in [0.2, 0.25) is 5.82 Å². The van der Waals surface area contributed by atoms with Crippen LogP contribution in [0.25, 0.3) is 33.7 Å². The molecule has 0 saturated heterocycles. The van der Waals surface area contributed by atoms with E-state index in [0.29, 0.717) is 33.6 Å². The van der Waals surface area contributed by atoms with Crippen LogP contribution in [0.15, 0.2) is 47.0 Å². The molecule has 2 aromatic heterocycles. The number of benzene rings is 2. The van der Waals surface area contributed by atoms with E-state index in [0.717, 1.165) is 10.9 Å². The number of H-pyrrole nitrogens is 1. The van der Waals surface area contributed by atoms with E-state index in [1.807, 2.05) is 13.8 Å². The Morgan fingerprint density at radius 1 is 1.18 bits per heavy atom. The van der Waals surface area contributed by atoms with Crippen LogP contribution < -0.4 is 4.74 Å². The number of nitrogens with one attached hydrogen (secondary N) is 1. The number of aromatic amines is 1. The molecule has 2 N–H and O–H groups in total. The third kappa shape index (κ3) is 3.44. The van der Waals surface area contributed by atoms with Gasteiger partial charge in [0.25, 0.3) is 5.89 Å². The summed E-state index contributed by atoms with van der Waals surface area (Å²) in [5, 5.41) is 14.3. The summed E-state index contributed by atoms with van der Waals surface area (Å²) in [6.45, 7) is 3.85. The van der Waals surface area contributed by atoms with Crippen molar-refractivity contribution in [2.24, 2.45) is 0 Å². The number of rotatable bonds is 5. The van der Waals surface area contributed by atoms with Gasteiger partial charge in [-0.25, -0.2) is 4.79 Å². The van der Waals surface area contributed by atoms with Gasteiger partial charge < -0.3 is 19.4 Å². The molecular formula is C20H16ClN3O4. The standard InChI is InChI=1S/C20H16ClN3O4/c1-10(2)27-17-6-4-12(8-14(17)21)19-23-18(24-28-19)11-3-5-15-13(7-11)9-16(22-15)20(25)26/h3-10,22H,1-2H3,(H,25,26). The third-order valence-corrected chi connectivity index (χ3v) is 4.37. The van der Waals surface area contributed by atoms with E-state index in [4.69, 9.17) is 26.0 Å². The van der Waals surface area contributed by atoms with Crippen molar-refractivity contribution in [3.63, 3.8) is 0 Å². The van der Waals surface area contributed by atoms with E-state index in [-0.39, 0.29) is 11.8 Å². The largest absolute Gasteiger partial charge is 0.489 e. The molecule has 0 fully saturated rings. The molecule has 8 heteroatoms. The van der Waals surface area contributed by atoms with Crippen molar-refractivity contribution in [2.75, 3.05) is 0 Å². The van der Waals surface area contributed by atoms with Crippen molar-refractivity contribution in [3.8, 4) is 28.6 Å². The number of nitrogens with zero attached hydrogens (tertiary/aromatic N) is 2. The first-order valence-corrected chi connectivity index (χ1v) is 8.95. The average Bonchev–Trinajstić information content (AvgIpc) is 3.29. The maximum atomic E-state index is 11.1. The van der Waals surface area contributed by atoms with Crippen molar-refractivity contribution < 1.29 is 19.2 Å². The first kappa shape index (κ1) is 18.1. The lowest BCUT2D eigenvalue weighted by Gasteiger charge is -2.11. The van der Waals surface area contributed by atoms with E-state index in [9.17, 15) is 4.79 Å². The topological polar surface area (TPSA) is 101 Å². The quantitative estimate of drug-likeness (QED) is 0.490. The Hall–Kier alpha value is -3.32. The molecule has 28 heavy (non-hydrogen) atoms. The van der Waals surface area contributed by atoms with Crippen LogP contribution in [0.2, 0.25) is 5.02 Å². The molecule has 2 heterocycles. The zero-order valence-corrected chi connectivity index (χ0v) is 15.8. The van der Waals surface area contributed by atoms with Crippen LogP contribution in [0, 0.1) is 0 Å². The number of halogens is 1. The molecule has 4 rings (SSSR count). The van der Waals surface area contributed by atoms with Gasteiger partial charge in [0.05, 0.1) is 11.1 Å². The molecule has 0 aliphatic carbocycles. The zero-order chi connectivity index (χ0) is 19.8. The Kier molecular flexibility index (Phi) is 4.52. The highest BCUT2D eigenvalue weighted by Crippen LogP contribution is 2.31. The minimum atomic E-state index is -1.01. The zero-order valence-electron chi connectivity index (χ0n) is 15.1. The number of aromatic carboxylic acids is 1. The Morgan fingerprint density at radius 3 is 2.68 bits per heavy atom. The molecule has 0 amide bonds. The molecule has 0 aliphatic rings. The number of hydrogen-bond acceptors (Lipinski definition) is 5. The summed E-state index contributed by atoms with van der Waals surface area (Å²) in [4.78, 5) is 18.4. The highest BCUT2D eigenvalue weighted by Gasteiger charge is 2.15. The number of ether oxygens (including phenoxy) is 1. The minimum Gasteiger partial charge on any atom is -0.489 e. The highest BCUT2D eigenvalue weighted by molar-refractivity contribution is 6.32. The van der Waals surface area contributed by atoms with E-state index in [2.05, 4.69) is 15.1 Å². The first-order valence-electron chi connectivity index (χ1n) is 8.57. The summed E-state index contributed by atoms with van der Waals surface area (Å²) in [5.41, 5.74) is 2.23. The number of carboxylic acid groups (broad SMARTS) is 1. The van der Waals surface area contributed by atoms with Gasteiger partial charge in [-0.1, -0.05) is 16.8 Å². The Labute approximate surface area is 164 Å². The lowest BCUT2D eigenvalue weighted by atomic mass is 10.1. The Bertz CT molecular complexity index is 1180. The summed E-state index contributed by atoms with van der Waals surface area (Å²) >= 11 is 6.27. The van der Waals surface area contributed by atoms with Gasteiger partial charge in [0, 0.05) is 22.0 Å². The molecule has 0 bridgehead atoms. The van der Waals surface area contributed by atoms with E-state index in [1.54, 1.807) is 42.5 Å². The van der Waals surface area contributed by atoms with Gasteiger partial charge in [-0.2, -0.15) is 4.98 Å². The molecule has 7 nitrogen and oxygen atoms in total. The average molecular weight is 398 g/mol. The summed E-state index contributed by atoms with van der Waals surface area (Å²) in [6.07, 6.45) is 0.0170. The van der Waals surface area contributed by atoms with Crippen molar-refractivity contribution in [1.29, 1.82) is 0 Å². The second-order valence-corrected chi connectivity index (χ2v) is 6.93. The number of fused-ring (bicyclic) bond motifs is 1. The highest BCUT2D eigenvalue weighted by atomic mass is 35.5. The first-order chi connectivity index (χ1) is 13.4. The summed E-state index contributed by atoms with van der Waals surface area (Å²) < 4.78 is 11.0. The van der Waals surface area contributed by atoms with Crippen LogP contribution in [0.3, 0.4) is 0 Å². The Balaban J connectivity index is 1.65. The number of carboxylic acids is 1. The minimum absolute atomic E-state index is 0.0170. The second kappa shape index (κ2) is 7.01. The molecular weight excluding hydrogens is 382 g/mol. The van der Waals surface area contributed by atoms with Crippen LogP contribution in [-0.2, 0) is 0 Å². The van der Waals surface area contributed by atoms with Crippen molar-refractivity contribution in [1.82, 2.24) is 15.1 Å². The van der Waals surface area contributed by atoms with Crippen LogP contribution >= 0.6 is 11.6 Å². The normalized spacial score (nSPS) is 11.3. The molecule has 4 aromatic rings. The number of hydrogen-bond donors (Lipinski definition) is 2. The lowest BCUT2D eigenvalue weighted by Crippen LogP contribution is -2.05. The van der Waals surface area contributed by atoms with Crippen molar-refractivity contribution in [2.45, 2.75) is 20.0 Å². The lowest BCUT2D eigenvalue weighted by molar-refractivity contribution is 0.0691. The number of aromatic nitrogens is 3. The molecule has 0 aliphatic heterocycles. The predicted octanol–water partition coefficient (Wildman–Crippen LogP) is 5.02. The molecule has 142 valence electrons. The van der Waals surface area contributed by atoms with Gasteiger partial charge in [-0.3, -0.25) is 0 Å². The van der Waals surface area contributed by atoms with Crippen LogP contribution in [-0.4, -0.2) is 32.3 Å². The fourth-order valence-corrected chi connectivity index (χ4v) is 3.05. The smallest absolute Gasteiger partial charge is 0.352 e. The predicted molar refractivity (Wildman–Crippen MR) is 105 cm³/mol. The molecule has 2 aromatic carbocycles. The van der Waals surface area contributed by atoms with Crippen LogP contribution in [0.5, 0.6) is 5.75 Å². The van der Waals surface area contributed by atoms with Crippen molar-refractivity contribution >= 4 is 28.5 Å². The van der Waals surface area contributed by atoms with Gasteiger partial charge >= 0.3 is 5.97 Å². The van der Waals surface area contributed by atoms with E-state index >= 15 is 0 Å². The second-order valence-electron chi connectivity index (χ2n) is 6.53. The fourth-order valence-electron chi connectivity index (χ4n) is 2.83. The maximum Gasteiger partial charge on any atom is 0.352 e. The van der Waals surface area contributed by atoms with Crippen molar-refractivity contribution in [3.05, 3.63) is 53.2 Å². The van der Waals surface area contributed by atoms with E-state index < -0.39 is 5.97 Å². The van der Waals surface area contributed by atoms with Gasteiger partial charge in [-0.05, 0) is 56.3 Å². The molecule has 0 atom stereocenters. The van der Waals surface area contributed by atoms with Gasteiger partial charge in [-0.15, -0.1) is 0 Å². The van der Waals surface area contributed by atoms with Crippen LogP contribution in [0.1, 0.15) is 24.3 Å². The van der Waals surface area contributed by atoms with Crippen LogP contribution in [0.4, 0.5) is 0 Å². The SMILES string of the molecule is CC(C)Oc1ccc(-c2nc(-c3ccc4[nH]c(C(=O)O)cc4c3)no2)cc1Cl. The summed E-state index contributed by atoms with van der Waals surface area (Å²) in [5.74, 6) is 0.302. The molecule has 0 saturated carbocycles. The fraction of sp³-hybridized carbons (Fsp3) is 0.150. The van der Waals surface area contributed by atoms with E-state index in [1.165, 1.54) is 0 Å². The molecule has 0 unspecified atom stereocenters. The third-order valence-electron chi connectivity index (χ3n) is 4.08. The van der Waals surface area contributed by atoms with Gasteiger partial charge in [0.1, 0.15) is 11.4 Å². The maximum absolute atomic E-state index is 11.1. The summed E-state index contributed by atoms with van der Waals surface area (Å²) in [6, 6.07) is 12.2. The Morgan fingerprint density at radius 2 is 1.96 bits per heavy atom. The van der Waals surface area contributed by atoms with Gasteiger partial charge in [0.15, 0.2) is 0 Å². The molecule has 0 radical (unpaired) electrons. The monoisotopic (exact) mass is 397 g/mol. The number of carbonyl (C=O) groups is 1. The molecule has 0 spiro atoms. The summed E-state index contributed by atoms with van der Waals surface area (Å²) in [7, 11) is 0.